The molecule has 3 aromatic carbocycles. The first-order chi connectivity index (χ1) is 13.5. The average molecular weight is 430 g/mol. The van der Waals surface area contributed by atoms with Gasteiger partial charge in [0.15, 0.2) is 0 Å². The quantitative estimate of drug-likeness (QED) is 0.502. The van der Waals surface area contributed by atoms with Crippen LogP contribution in [0.4, 0.5) is 0 Å². The third kappa shape index (κ3) is 6.32. The molecule has 0 spiro atoms. The second kappa shape index (κ2) is 10.8. The molecule has 0 unspecified atom stereocenters. The van der Waals surface area contributed by atoms with Gasteiger partial charge in [-0.2, -0.15) is 0 Å². The number of nitrogens with zero attached hydrogens (tertiary/aromatic N) is 1. The Morgan fingerprint density at radius 3 is 1.86 bits per heavy atom. The summed E-state index contributed by atoms with van der Waals surface area (Å²) in [6.07, 6.45) is 1.35. The van der Waals surface area contributed by atoms with Gasteiger partial charge in [0.25, 0.3) is 0 Å². The van der Waals surface area contributed by atoms with E-state index in [-0.39, 0.29) is 18.3 Å². The Labute approximate surface area is 185 Å². The second-order valence-corrected chi connectivity index (χ2v) is 8.18. The summed E-state index contributed by atoms with van der Waals surface area (Å²) in [7, 11) is 4.12. The van der Waals surface area contributed by atoms with E-state index in [0.29, 0.717) is 11.4 Å². The van der Waals surface area contributed by atoms with E-state index in [0.717, 1.165) is 24.1 Å². The molecule has 0 aliphatic rings. The third-order valence-electron chi connectivity index (χ3n) is 5.25. The van der Waals surface area contributed by atoms with Crippen molar-refractivity contribution in [2.75, 3.05) is 20.6 Å². The first-order valence-corrected chi connectivity index (χ1v) is 10.1. The zero-order valence-corrected chi connectivity index (χ0v) is 18.5. The summed E-state index contributed by atoms with van der Waals surface area (Å²) in [6.45, 7) is 0.779. The Bertz CT molecular complexity index is 853. The summed E-state index contributed by atoms with van der Waals surface area (Å²) in [5.41, 5.74) is 2.25. The molecule has 0 fully saturated rings. The van der Waals surface area contributed by atoms with Crippen molar-refractivity contribution < 1.29 is 5.11 Å². The molecule has 154 valence electrons. The zero-order chi connectivity index (χ0) is 20.0. The maximum Gasteiger partial charge on any atom is 0.0980 e. The standard InChI is InChI=1S/C25H28ClNO.ClH/c1-27(2)19-23(17-20-9-5-3-6-10-20)25(28,18-21-11-7-4-8-12-21)22-13-15-24(26)16-14-22;/h3-16,23,28H,17-19H2,1-2H3;1H/t23-,25+;/m0./s1. The van der Waals surface area contributed by atoms with Gasteiger partial charge in [0, 0.05) is 23.9 Å². The minimum absolute atomic E-state index is 0. The number of hydrogen-bond acceptors (Lipinski definition) is 2. The molecule has 0 amide bonds. The highest BCUT2D eigenvalue weighted by molar-refractivity contribution is 6.30. The van der Waals surface area contributed by atoms with E-state index in [1.165, 1.54) is 5.56 Å². The monoisotopic (exact) mass is 429 g/mol. The Balaban J connectivity index is 0.00000300. The van der Waals surface area contributed by atoms with Gasteiger partial charge < -0.3 is 10.0 Å². The number of hydrogen-bond donors (Lipinski definition) is 1. The van der Waals surface area contributed by atoms with Crippen LogP contribution in [0.1, 0.15) is 16.7 Å². The van der Waals surface area contributed by atoms with Gasteiger partial charge in [-0.1, -0.05) is 84.4 Å². The van der Waals surface area contributed by atoms with E-state index in [4.69, 9.17) is 11.6 Å². The fourth-order valence-corrected chi connectivity index (χ4v) is 3.98. The normalized spacial score (nSPS) is 14.1. The fourth-order valence-electron chi connectivity index (χ4n) is 3.85. The van der Waals surface area contributed by atoms with Crippen LogP contribution in [0.5, 0.6) is 0 Å². The molecule has 0 aliphatic carbocycles. The molecule has 0 saturated carbocycles. The Morgan fingerprint density at radius 2 is 1.34 bits per heavy atom. The summed E-state index contributed by atoms with van der Waals surface area (Å²) in [5.74, 6) is 0.0197. The van der Waals surface area contributed by atoms with Gasteiger partial charge in [-0.05, 0) is 49.3 Å². The van der Waals surface area contributed by atoms with Gasteiger partial charge in [0.05, 0.1) is 5.60 Å². The van der Waals surface area contributed by atoms with Gasteiger partial charge >= 0.3 is 0 Å². The van der Waals surface area contributed by atoms with E-state index in [1.54, 1.807) is 0 Å². The van der Waals surface area contributed by atoms with Crippen molar-refractivity contribution >= 4 is 24.0 Å². The van der Waals surface area contributed by atoms with E-state index in [1.807, 2.05) is 48.5 Å². The van der Waals surface area contributed by atoms with Gasteiger partial charge in [0.1, 0.15) is 0 Å². The van der Waals surface area contributed by atoms with E-state index < -0.39 is 5.60 Å². The Hall–Kier alpha value is -1.84. The number of benzene rings is 3. The minimum atomic E-state index is -1.01. The van der Waals surface area contributed by atoms with Crippen molar-refractivity contribution in [3.05, 3.63) is 107 Å². The highest BCUT2D eigenvalue weighted by atomic mass is 35.5. The second-order valence-electron chi connectivity index (χ2n) is 7.74. The molecular weight excluding hydrogens is 401 g/mol. The molecule has 29 heavy (non-hydrogen) atoms. The maximum atomic E-state index is 12.1. The lowest BCUT2D eigenvalue weighted by Gasteiger charge is -2.39. The van der Waals surface area contributed by atoms with Crippen molar-refractivity contribution in [1.29, 1.82) is 0 Å². The molecule has 0 bridgehead atoms. The Morgan fingerprint density at radius 1 is 0.828 bits per heavy atom. The van der Waals surface area contributed by atoms with Gasteiger partial charge in [0.2, 0.25) is 0 Å². The van der Waals surface area contributed by atoms with Crippen molar-refractivity contribution in [3.8, 4) is 0 Å². The molecule has 1 N–H and O–H groups in total. The summed E-state index contributed by atoms with van der Waals surface area (Å²) >= 11 is 6.13. The van der Waals surface area contributed by atoms with Crippen LogP contribution in [0.25, 0.3) is 0 Å². The zero-order valence-electron chi connectivity index (χ0n) is 17.0. The molecule has 0 aliphatic heterocycles. The molecule has 0 radical (unpaired) electrons. The average Bonchev–Trinajstić information content (AvgIpc) is 2.69. The molecule has 3 aromatic rings. The van der Waals surface area contributed by atoms with Crippen molar-refractivity contribution in [2.45, 2.75) is 18.4 Å². The molecule has 0 saturated heterocycles. The number of halogens is 2. The predicted molar refractivity (Wildman–Crippen MR) is 125 cm³/mol. The predicted octanol–water partition coefficient (Wildman–Crippen LogP) is 5.61. The van der Waals surface area contributed by atoms with Crippen LogP contribution in [0.3, 0.4) is 0 Å². The van der Waals surface area contributed by atoms with Crippen LogP contribution in [-0.2, 0) is 18.4 Å². The van der Waals surface area contributed by atoms with E-state index in [2.05, 4.69) is 55.4 Å². The minimum Gasteiger partial charge on any atom is -0.384 e. The first-order valence-electron chi connectivity index (χ1n) is 9.68. The maximum absolute atomic E-state index is 12.1. The molecule has 2 nitrogen and oxygen atoms in total. The van der Waals surface area contributed by atoms with Crippen LogP contribution >= 0.6 is 24.0 Å². The van der Waals surface area contributed by atoms with Crippen molar-refractivity contribution in [3.63, 3.8) is 0 Å². The summed E-state index contributed by atoms with van der Waals surface area (Å²) in [6, 6.07) is 28.3. The van der Waals surface area contributed by atoms with Gasteiger partial charge in [-0.25, -0.2) is 0 Å². The summed E-state index contributed by atoms with van der Waals surface area (Å²) in [5, 5.41) is 12.8. The largest absolute Gasteiger partial charge is 0.384 e. The highest BCUT2D eigenvalue weighted by Crippen LogP contribution is 2.36. The van der Waals surface area contributed by atoms with Crippen molar-refractivity contribution in [1.82, 2.24) is 4.90 Å². The Kier molecular flexibility index (Phi) is 8.73. The lowest BCUT2D eigenvalue weighted by Crippen LogP contribution is -2.43. The molecule has 2 atom stereocenters. The fraction of sp³-hybridized carbons (Fsp3) is 0.280. The molecule has 3 rings (SSSR count). The SMILES string of the molecule is CN(C)C[C@H](Cc1ccccc1)[C@@](O)(Cc1ccccc1)c1ccc(Cl)cc1.Cl. The lowest BCUT2D eigenvalue weighted by atomic mass is 9.74. The topological polar surface area (TPSA) is 23.5 Å². The number of rotatable bonds is 8. The van der Waals surface area contributed by atoms with Gasteiger partial charge in [-0.15, -0.1) is 12.4 Å². The van der Waals surface area contributed by atoms with Crippen LogP contribution in [0.15, 0.2) is 84.9 Å². The highest BCUT2D eigenvalue weighted by Gasteiger charge is 2.39. The van der Waals surface area contributed by atoms with Crippen LogP contribution in [0.2, 0.25) is 5.02 Å². The molecule has 0 aromatic heterocycles. The summed E-state index contributed by atoms with van der Waals surface area (Å²) < 4.78 is 0. The van der Waals surface area contributed by atoms with Gasteiger partial charge in [-0.3, -0.25) is 0 Å². The molecule has 0 heterocycles. The molecule has 4 heteroatoms. The van der Waals surface area contributed by atoms with E-state index >= 15 is 0 Å². The smallest absolute Gasteiger partial charge is 0.0980 e. The lowest BCUT2D eigenvalue weighted by molar-refractivity contribution is -0.0330. The molecular formula is C25H29Cl2NO. The van der Waals surface area contributed by atoms with E-state index in [9.17, 15) is 5.11 Å². The number of aliphatic hydroxyl groups is 1. The van der Waals surface area contributed by atoms with Crippen LogP contribution < -0.4 is 0 Å². The van der Waals surface area contributed by atoms with Crippen LogP contribution in [-0.4, -0.2) is 30.6 Å². The van der Waals surface area contributed by atoms with Crippen LogP contribution in [0, 0.1) is 5.92 Å². The first kappa shape index (κ1) is 23.4. The third-order valence-corrected chi connectivity index (χ3v) is 5.50. The van der Waals surface area contributed by atoms with Crippen molar-refractivity contribution in [2.24, 2.45) is 5.92 Å². The summed E-state index contributed by atoms with van der Waals surface area (Å²) in [4.78, 5) is 2.15.